The maximum atomic E-state index is 12.5. The van der Waals surface area contributed by atoms with Crippen LogP contribution in [0.5, 0.6) is 5.75 Å². The number of hydrogen-bond acceptors (Lipinski definition) is 5. The van der Waals surface area contributed by atoms with E-state index in [4.69, 9.17) is 4.74 Å². The number of benzene rings is 1. The van der Waals surface area contributed by atoms with Crippen molar-refractivity contribution in [2.45, 2.75) is 13.0 Å². The minimum absolute atomic E-state index is 0.00338. The third kappa shape index (κ3) is 5.86. The lowest BCUT2D eigenvalue weighted by Crippen LogP contribution is -2.54. The molecular weight excluding hydrogens is 332 g/mol. The number of carbonyl (C=O) groups excluding carboxylic acids is 2. The zero-order valence-corrected chi connectivity index (χ0v) is 15.5. The number of anilines is 1. The van der Waals surface area contributed by atoms with Crippen molar-refractivity contribution < 1.29 is 14.3 Å². The van der Waals surface area contributed by atoms with E-state index in [1.807, 2.05) is 31.2 Å². The molecule has 0 aliphatic carbocycles. The number of rotatable bonds is 8. The van der Waals surface area contributed by atoms with E-state index in [1.165, 1.54) is 0 Å². The molecule has 0 spiro atoms. The highest BCUT2D eigenvalue weighted by Crippen LogP contribution is 2.16. The summed E-state index contributed by atoms with van der Waals surface area (Å²) in [6, 6.07) is 7.05. The average Bonchev–Trinajstić information content (AvgIpc) is 2.67. The van der Waals surface area contributed by atoms with Crippen LogP contribution < -0.4 is 15.4 Å². The molecule has 1 aliphatic heterocycles. The van der Waals surface area contributed by atoms with E-state index in [0.29, 0.717) is 13.1 Å². The highest BCUT2D eigenvalue weighted by molar-refractivity contribution is 5.94. The summed E-state index contributed by atoms with van der Waals surface area (Å²) in [5.41, 5.74) is 0.750. The second-order valence-electron chi connectivity index (χ2n) is 6.30. The Bertz CT molecular complexity index is 610. The van der Waals surface area contributed by atoms with Crippen LogP contribution in [0.1, 0.15) is 6.92 Å². The van der Waals surface area contributed by atoms with Gasteiger partial charge in [0, 0.05) is 38.4 Å². The summed E-state index contributed by atoms with van der Waals surface area (Å²) >= 11 is 0. The predicted molar refractivity (Wildman–Crippen MR) is 102 cm³/mol. The highest BCUT2D eigenvalue weighted by atomic mass is 16.5. The van der Waals surface area contributed by atoms with Crippen molar-refractivity contribution in [3.05, 3.63) is 36.9 Å². The van der Waals surface area contributed by atoms with Crippen LogP contribution in [0.15, 0.2) is 36.9 Å². The number of amides is 2. The smallest absolute Gasteiger partial charge is 0.241 e. The molecule has 1 saturated heterocycles. The van der Waals surface area contributed by atoms with E-state index in [0.717, 1.165) is 37.6 Å². The van der Waals surface area contributed by atoms with Crippen molar-refractivity contribution in [1.82, 2.24) is 15.1 Å². The van der Waals surface area contributed by atoms with Crippen molar-refractivity contribution in [3.8, 4) is 5.75 Å². The van der Waals surface area contributed by atoms with Gasteiger partial charge in [-0.15, -0.1) is 6.58 Å². The van der Waals surface area contributed by atoms with Gasteiger partial charge in [0.15, 0.2) is 0 Å². The van der Waals surface area contributed by atoms with Gasteiger partial charge in [0.2, 0.25) is 11.8 Å². The quantitative estimate of drug-likeness (QED) is 0.675. The number of carbonyl (C=O) groups is 2. The maximum Gasteiger partial charge on any atom is 0.241 e. The van der Waals surface area contributed by atoms with Crippen molar-refractivity contribution >= 4 is 17.5 Å². The van der Waals surface area contributed by atoms with Gasteiger partial charge in [0.25, 0.3) is 0 Å². The van der Waals surface area contributed by atoms with Crippen LogP contribution in [-0.4, -0.2) is 74.0 Å². The molecular formula is C19H28N4O3. The number of piperazine rings is 1. The molecule has 0 aromatic heterocycles. The first-order valence-electron chi connectivity index (χ1n) is 8.82. The molecule has 1 atom stereocenters. The van der Waals surface area contributed by atoms with Crippen LogP contribution in [0.25, 0.3) is 0 Å². The minimum atomic E-state index is -0.228. The molecule has 1 heterocycles. The SMILES string of the molecule is C=CCNC(=O)CN1CCN(C(C)C(=O)Nc2ccc(OC)cc2)CC1. The summed E-state index contributed by atoms with van der Waals surface area (Å²) in [6.07, 6.45) is 1.67. The molecule has 1 unspecified atom stereocenters. The molecule has 26 heavy (non-hydrogen) atoms. The third-order valence-electron chi connectivity index (χ3n) is 4.50. The van der Waals surface area contributed by atoms with Crippen molar-refractivity contribution in [2.24, 2.45) is 0 Å². The molecule has 7 nitrogen and oxygen atoms in total. The first-order valence-corrected chi connectivity index (χ1v) is 8.82. The Balaban J connectivity index is 1.77. The molecule has 7 heteroatoms. The van der Waals surface area contributed by atoms with Crippen LogP contribution in [0.4, 0.5) is 5.69 Å². The molecule has 0 bridgehead atoms. The van der Waals surface area contributed by atoms with Crippen LogP contribution in [0, 0.1) is 0 Å². The minimum Gasteiger partial charge on any atom is -0.497 e. The van der Waals surface area contributed by atoms with Gasteiger partial charge < -0.3 is 15.4 Å². The standard InChI is InChI=1S/C19H28N4O3/c1-4-9-20-18(24)14-22-10-12-23(13-11-22)15(2)19(25)21-16-5-7-17(26-3)8-6-16/h4-8,15H,1,9-14H2,2-3H3,(H,20,24)(H,21,25). The Morgan fingerprint density at radius 2 is 1.88 bits per heavy atom. The Morgan fingerprint density at radius 1 is 1.23 bits per heavy atom. The van der Waals surface area contributed by atoms with E-state index >= 15 is 0 Å². The van der Waals surface area contributed by atoms with Crippen LogP contribution in [-0.2, 0) is 9.59 Å². The van der Waals surface area contributed by atoms with Gasteiger partial charge in [0.05, 0.1) is 19.7 Å². The molecule has 2 N–H and O–H groups in total. The Kier molecular flexibility index (Phi) is 7.62. The summed E-state index contributed by atoms with van der Waals surface area (Å²) in [5.74, 6) is 0.722. The largest absolute Gasteiger partial charge is 0.497 e. The second kappa shape index (κ2) is 9.94. The summed E-state index contributed by atoms with van der Waals surface area (Å²) in [7, 11) is 1.61. The predicted octanol–water partition coefficient (Wildman–Crippen LogP) is 0.942. The molecule has 1 aromatic carbocycles. The van der Waals surface area contributed by atoms with Gasteiger partial charge in [-0.2, -0.15) is 0 Å². The fraction of sp³-hybridized carbons (Fsp3) is 0.474. The lowest BCUT2D eigenvalue weighted by atomic mass is 10.2. The second-order valence-corrected chi connectivity index (χ2v) is 6.30. The third-order valence-corrected chi connectivity index (χ3v) is 4.50. The lowest BCUT2D eigenvalue weighted by Gasteiger charge is -2.37. The van der Waals surface area contributed by atoms with E-state index < -0.39 is 0 Å². The number of nitrogens with zero attached hydrogens (tertiary/aromatic N) is 2. The van der Waals surface area contributed by atoms with Gasteiger partial charge in [-0.05, 0) is 31.2 Å². The van der Waals surface area contributed by atoms with Gasteiger partial charge in [-0.1, -0.05) is 6.08 Å². The molecule has 1 aromatic rings. The van der Waals surface area contributed by atoms with Crippen molar-refractivity contribution in [3.63, 3.8) is 0 Å². The van der Waals surface area contributed by atoms with Crippen molar-refractivity contribution in [2.75, 3.05) is 51.7 Å². The van der Waals surface area contributed by atoms with E-state index in [2.05, 4.69) is 27.0 Å². The first-order chi connectivity index (χ1) is 12.5. The van der Waals surface area contributed by atoms with Gasteiger partial charge in [-0.25, -0.2) is 0 Å². The summed E-state index contributed by atoms with van der Waals surface area (Å²) in [6.45, 7) is 9.41. The number of nitrogens with one attached hydrogen (secondary N) is 2. The molecule has 142 valence electrons. The summed E-state index contributed by atoms with van der Waals surface area (Å²) in [4.78, 5) is 28.5. The van der Waals surface area contributed by atoms with Crippen molar-refractivity contribution in [1.29, 1.82) is 0 Å². The fourth-order valence-electron chi connectivity index (χ4n) is 2.84. The Hall–Kier alpha value is -2.38. The highest BCUT2D eigenvalue weighted by Gasteiger charge is 2.26. The zero-order valence-electron chi connectivity index (χ0n) is 15.5. The molecule has 2 rings (SSSR count). The molecule has 1 aliphatic rings. The Morgan fingerprint density at radius 3 is 2.46 bits per heavy atom. The van der Waals surface area contributed by atoms with Crippen LogP contribution in [0.2, 0.25) is 0 Å². The van der Waals surface area contributed by atoms with E-state index in [1.54, 1.807) is 13.2 Å². The normalized spacial score (nSPS) is 16.5. The van der Waals surface area contributed by atoms with Crippen LogP contribution in [0.3, 0.4) is 0 Å². The topological polar surface area (TPSA) is 73.9 Å². The number of hydrogen-bond donors (Lipinski definition) is 2. The molecule has 0 saturated carbocycles. The summed E-state index contributed by atoms with van der Waals surface area (Å²) in [5, 5.41) is 5.72. The number of ether oxygens (including phenoxy) is 1. The monoisotopic (exact) mass is 360 g/mol. The first kappa shape index (κ1) is 19.9. The molecule has 1 fully saturated rings. The van der Waals surface area contributed by atoms with Crippen LogP contribution >= 0.6 is 0 Å². The zero-order chi connectivity index (χ0) is 18.9. The summed E-state index contributed by atoms with van der Waals surface area (Å²) < 4.78 is 5.12. The number of methoxy groups -OCH3 is 1. The van der Waals surface area contributed by atoms with E-state index in [9.17, 15) is 9.59 Å². The maximum absolute atomic E-state index is 12.5. The Labute approximate surface area is 155 Å². The average molecular weight is 360 g/mol. The van der Waals surface area contributed by atoms with Gasteiger partial charge in [0.1, 0.15) is 5.75 Å². The van der Waals surface area contributed by atoms with Gasteiger partial charge in [-0.3, -0.25) is 19.4 Å². The molecule has 2 amide bonds. The van der Waals surface area contributed by atoms with E-state index in [-0.39, 0.29) is 17.9 Å². The molecule has 0 radical (unpaired) electrons. The fourth-order valence-corrected chi connectivity index (χ4v) is 2.84. The lowest BCUT2D eigenvalue weighted by molar-refractivity contribution is -0.124. The van der Waals surface area contributed by atoms with Gasteiger partial charge >= 0.3 is 0 Å².